The van der Waals surface area contributed by atoms with E-state index < -0.39 is 0 Å². The topological polar surface area (TPSA) is 31.2 Å². The van der Waals surface area contributed by atoms with Crippen molar-refractivity contribution in [3.63, 3.8) is 0 Å². The highest BCUT2D eigenvalue weighted by atomic mass is 16.5. The quantitative estimate of drug-likeness (QED) is 0.707. The van der Waals surface area contributed by atoms with Crippen LogP contribution < -0.4 is 10.3 Å². The van der Waals surface area contributed by atoms with Crippen LogP contribution in [0.15, 0.2) is 23.1 Å². The lowest BCUT2D eigenvalue weighted by molar-refractivity contribution is 0.310. The van der Waals surface area contributed by atoms with E-state index in [9.17, 15) is 4.79 Å². The highest BCUT2D eigenvalue weighted by Gasteiger charge is 2.01. The van der Waals surface area contributed by atoms with Crippen molar-refractivity contribution in [3.8, 4) is 5.75 Å². The second-order valence-electron chi connectivity index (χ2n) is 2.81. The molecule has 0 unspecified atom stereocenters. The van der Waals surface area contributed by atoms with Crippen LogP contribution in [0.3, 0.4) is 0 Å². The molecule has 1 rings (SSSR count). The van der Waals surface area contributed by atoms with Crippen molar-refractivity contribution in [2.45, 2.75) is 26.8 Å². The average molecular weight is 181 g/mol. The van der Waals surface area contributed by atoms with Crippen LogP contribution in [0.4, 0.5) is 0 Å². The van der Waals surface area contributed by atoms with Crippen LogP contribution in [0.25, 0.3) is 0 Å². The van der Waals surface area contributed by atoms with Gasteiger partial charge in [-0.3, -0.25) is 4.79 Å². The summed E-state index contributed by atoms with van der Waals surface area (Å²) in [6, 6.07) is 3.54. The number of aryl methyl sites for hydroxylation is 1. The minimum atomic E-state index is -0.0431. The van der Waals surface area contributed by atoms with Gasteiger partial charge in [0.1, 0.15) is 0 Å². The van der Waals surface area contributed by atoms with E-state index in [1.165, 1.54) is 0 Å². The molecule has 72 valence electrons. The summed E-state index contributed by atoms with van der Waals surface area (Å²) in [7, 11) is 0. The Morgan fingerprint density at radius 3 is 2.85 bits per heavy atom. The van der Waals surface area contributed by atoms with Crippen molar-refractivity contribution in [2.24, 2.45) is 0 Å². The molecule has 0 atom stereocenters. The summed E-state index contributed by atoms with van der Waals surface area (Å²) in [5.41, 5.74) is -0.0431. The van der Waals surface area contributed by atoms with Gasteiger partial charge in [0.15, 0.2) is 5.75 Å². The number of ether oxygens (including phenoxy) is 1. The zero-order valence-corrected chi connectivity index (χ0v) is 8.12. The molecule has 0 aromatic carbocycles. The zero-order valence-electron chi connectivity index (χ0n) is 8.12. The molecular weight excluding hydrogens is 166 g/mol. The molecule has 0 aliphatic carbocycles. The second kappa shape index (κ2) is 4.70. The first kappa shape index (κ1) is 9.84. The number of hydrogen-bond acceptors (Lipinski definition) is 2. The van der Waals surface area contributed by atoms with Gasteiger partial charge in [0.2, 0.25) is 0 Å². The summed E-state index contributed by atoms with van der Waals surface area (Å²) < 4.78 is 6.93. The molecule has 3 heteroatoms. The maximum absolute atomic E-state index is 11.5. The molecule has 1 heterocycles. The average Bonchev–Trinajstić information content (AvgIpc) is 2.16. The van der Waals surface area contributed by atoms with Crippen molar-refractivity contribution in [1.82, 2.24) is 4.57 Å². The smallest absolute Gasteiger partial charge is 0.292 e. The fourth-order valence-electron chi connectivity index (χ4n) is 1.09. The van der Waals surface area contributed by atoms with Gasteiger partial charge in [0.25, 0.3) is 5.56 Å². The maximum Gasteiger partial charge on any atom is 0.292 e. The molecule has 3 nitrogen and oxygen atoms in total. The first-order chi connectivity index (χ1) is 6.29. The van der Waals surface area contributed by atoms with Crippen LogP contribution >= 0.6 is 0 Å². The minimum absolute atomic E-state index is 0.0431. The monoisotopic (exact) mass is 181 g/mol. The Hall–Kier alpha value is -1.25. The van der Waals surface area contributed by atoms with Crippen LogP contribution in [-0.2, 0) is 6.54 Å². The number of hydrogen-bond donors (Lipinski definition) is 0. The van der Waals surface area contributed by atoms with Crippen LogP contribution in [0.5, 0.6) is 5.75 Å². The Bertz CT molecular complexity index is 317. The van der Waals surface area contributed by atoms with Gasteiger partial charge in [-0.05, 0) is 25.5 Å². The van der Waals surface area contributed by atoms with Gasteiger partial charge < -0.3 is 9.30 Å². The Balaban J connectivity index is 2.88. The molecule has 0 N–H and O–H groups in total. The fourth-order valence-corrected chi connectivity index (χ4v) is 1.09. The minimum Gasteiger partial charge on any atom is -0.488 e. The largest absolute Gasteiger partial charge is 0.488 e. The second-order valence-corrected chi connectivity index (χ2v) is 2.81. The summed E-state index contributed by atoms with van der Waals surface area (Å²) in [5, 5.41) is 0. The van der Waals surface area contributed by atoms with E-state index in [0.717, 1.165) is 6.42 Å². The van der Waals surface area contributed by atoms with Gasteiger partial charge in [-0.25, -0.2) is 0 Å². The molecule has 0 aliphatic rings. The summed E-state index contributed by atoms with van der Waals surface area (Å²) >= 11 is 0. The van der Waals surface area contributed by atoms with Crippen molar-refractivity contribution in [2.75, 3.05) is 6.61 Å². The Morgan fingerprint density at radius 2 is 2.23 bits per heavy atom. The van der Waals surface area contributed by atoms with E-state index in [1.807, 2.05) is 19.9 Å². The molecule has 0 radical (unpaired) electrons. The Labute approximate surface area is 78.0 Å². The van der Waals surface area contributed by atoms with Gasteiger partial charge in [-0.1, -0.05) is 6.92 Å². The van der Waals surface area contributed by atoms with E-state index in [0.29, 0.717) is 18.9 Å². The highest BCUT2D eigenvalue weighted by Crippen LogP contribution is 2.01. The Morgan fingerprint density at radius 1 is 1.46 bits per heavy atom. The maximum atomic E-state index is 11.5. The predicted molar refractivity (Wildman–Crippen MR) is 52.2 cm³/mol. The normalized spacial score (nSPS) is 10.0. The number of rotatable bonds is 4. The third-order valence-corrected chi connectivity index (χ3v) is 1.79. The lowest BCUT2D eigenvalue weighted by atomic mass is 10.4. The molecule has 1 aromatic rings. The summed E-state index contributed by atoms with van der Waals surface area (Å²) in [4.78, 5) is 11.5. The molecular formula is C10H15NO2. The molecule has 13 heavy (non-hydrogen) atoms. The first-order valence-corrected chi connectivity index (χ1v) is 4.61. The number of pyridine rings is 1. The third kappa shape index (κ3) is 2.34. The molecule has 0 aliphatic heterocycles. The van der Waals surface area contributed by atoms with Gasteiger partial charge in [-0.15, -0.1) is 0 Å². The number of nitrogens with zero attached hydrogens (tertiary/aromatic N) is 1. The molecule has 0 saturated heterocycles. The molecule has 1 aromatic heterocycles. The van der Waals surface area contributed by atoms with E-state index in [-0.39, 0.29) is 5.56 Å². The summed E-state index contributed by atoms with van der Waals surface area (Å²) in [6.45, 7) is 5.23. The van der Waals surface area contributed by atoms with E-state index in [4.69, 9.17) is 4.74 Å². The predicted octanol–water partition coefficient (Wildman–Crippen LogP) is 1.66. The molecule has 0 spiro atoms. The van der Waals surface area contributed by atoms with Gasteiger partial charge in [0, 0.05) is 12.7 Å². The van der Waals surface area contributed by atoms with Crippen molar-refractivity contribution in [1.29, 1.82) is 0 Å². The van der Waals surface area contributed by atoms with Gasteiger partial charge >= 0.3 is 0 Å². The van der Waals surface area contributed by atoms with Gasteiger partial charge in [0.05, 0.1) is 6.61 Å². The summed E-state index contributed by atoms with van der Waals surface area (Å²) in [6.07, 6.45) is 2.68. The third-order valence-electron chi connectivity index (χ3n) is 1.79. The Kier molecular flexibility index (Phi) is 3.55. The highest BCUT2D eigenvalue weighted by molar-refractivity contribution is 5.17. The lowest BCUT2D eigenvalue weighted by Gasteiger charge is -2.06. The summed E-state index contributed by atoms with van der Waals surface area (Å²) in [5.74, 6) is 0.450. The molecule has 0 bridgehead atoms. The van der Waals surface area contributed by atoms with E-state index in [2.05, 4.69) is 0 Å². The molecule has 0 saturated carbocycles. The fraction of sp³-hybridized carbons (Fsp3) is 0.500. The van der Waals surface area contributed by atoms with Crippen LogP contribution in [0, 0.1) is 0 Å². The van der Waals surface area contributed by atoms with E-state index in [1.54, 1.807) is 16.8 Å². The van der Waals surface area contributed by atoms with Crippen molar-refractivity contribution in [3.05, 3.63) is 28.7 Å². The van der Waals surface area contributed by atoms with E-state index >= 15 is 0 Å². The lowest BCUT2D eigenvalue weighted by Crippen LogP contribution is -2.20. The molecule has 0 fully saturated rings. The van der Waals surface area contributed by atoms with Crippen LogP contribution in [0.1, 0.15) is 20.3 Å². The number of aromatic nitrogens is 1. The standard InChI is InChI=1S/C10H15NO2/c1-3-8-13-9-6-5-7-11(4-2)10(9)12/h5-7H,3-4,8H2,1-2H3. The molecule has 0 amide bonds. The van der Waals surface area contributed by atoms with Crippen molar-refractivity contribution < 1.29 is 4.74 Å². The zero-order chi connectivity index (χ0) is 9.68. The SMILES string of the molecule is CCCOc1cccn(CC)c1=O. The van der Waals surface area contributed by atoms with Crippen molar-refractivity contribution >= 4 is 0 Å². The van der Waals surface area contributed by atoms with Crippen LogP contribution in [-0.4, -0.2) is 11.2 Å². The van der Waals surface area contributed by atoms with Crippen LogP contribution in [0.2, 0.25) is 0 Å². The van der Waals surface area contributed by atoms with Gasteiger partial charge in [-0.2, -0.15) is 0 Å². The first-order valence-electron chi connectivity index (χ1n) is 4.61.